The lowest BCUT2D eigenvalue weighted by atomic mass is 10.1. The first-order valence-corrected chi connectivity index (χ1v) is 14.1. The molecule has 0 spiro atoms. The van der Waals surface area contributed by atoms with Gasteiger partial charge in [0, 0.05) is 37.4 Å². The molecule has 2 aliphatic rings. The van der Waals surface area contributed by atoms with Gasteiger partial charge in [-0.15, -0.1) is 20.4 Å². The number of hydrogen-bond donors (Lipinski definition) is 0. The van der Waals surface area contributed by atoms with Crippen molar-refractivity contribution >= 4 is 23.5 Å². The first-order chi connectivity index (χ1) is 15.4. The van der Waals surface area contributed by atoms with Crippen LogP contribution in [0.4, 0.5) is 0 Å². The normalized spacial score (nSPS) is 20.8. The second-order valence-electron chi connectivity index (χ2n) is 8.45. The van der Waals surface area contributed by atoms with E-state index in [0.29, 0.717) is 0 Å². The summed E-state index contributed by atoms with van der Waals surface area (Å²) < 4.78 is 10.6. The Bertz CT molecular complexity index is 729. The van der Waals surface area contributed by atoms with E-state index in [9.17, 15) is 0 Å². The fourth-order valence-corrected chi connectivity index (χ4v) is 5.99. The molecule has 0 saturated heterocycles. The number of hydrogen-bond acceptors (Lipinski definition) is 7. The zero-order valence-electron chi connectivity index (χ0n) is 18.6. The molecule has 0 unspecified atom stereocenters. The van der Waals surface area contributed by atoms with E-state index >= 15 is 0 Å². The molecule has 4 rings (SSSR count). The minimum absolute atomic E-state index is 0.741. The molecule has 31 heavy (non-hydrogen) atoms. The lowest BCUT2D eigenvalue weighted by molar-refractivity contribution is 0.167. The predicted molar refractivity (Wildman–Crippen MR) is 126 cm³/mol. The van der Waals surface area contributed by atoms with Gasteiger partial charge in [-0.05, 0) is 25.7 Å². The maximum Gasteiger partial charge on any atom is 0.191 e. The molecule has 4 heterocycles. The van der Waals surface area contributed by atoms with Gasteiger partial charge in [-0.25, -0.2) is 0 Å². The van der Waals surface area contributed by atoms with Gasteiger partial charge < -0.3 is 13.9 Å². The van der Waals surface area contributed by atoms with E-state index in [1.165, 1.54) is 51.4 Å². The van der Waals surface area contributed by atoms with Crippen LogP contribution in [0.3, 0.4) is 0 Å². The summed E-state index contributed by atoms with van der Waals surface area (Å²) in [7, 11) is 0. The molecule has 7 nitrogen and oxygen atoms in total. The van der Waals surface area contributed by atoms with Crippen LogP contribution in [0.15, 0.2) is 10.3 Å². The van der Waals surface area contributed by atoms with Crippen LogP contribution >= 0.6 is 23.5 Å². The fourth-order valence-electron chi connectivity index (χ4n) is 4.32. The zero-order valence-corrected chi connectivity index (χ0v) is 20.3. The number of aryl methyl sites for hydroxylation is 2. The summed E-state index contributed by atoms with van der Waals surface area (Å²) in [5.74, 6) is 4.13. The topological polar surface area (TPSA) is 70.7 Å². The molecular weight excluding hydrogens is 428 g/mol. The van der Waals surface area contributed by atoms with E-state index in [2.05, 4.69) is 29.5 Å². The number of ether oxygens (including phenoxy) is 1. The van der Waals surface area contributed by atoms with Gasteiger partial charge in [-0.1, -0.05) is 62.0 Å². The fraction of sp³-hybridized carbons (Fsp3) is 0.818. The van der Waals surface area contributed by atoms with Crippen LogP contribution in [0, 0.1) is 0 Å². The van der Waals surface area contributed by atoms with Gasteiger partial charge in [-0.2, -0.15) is 0 Å². The molecule has 0 amide bonds. The number of rotatable bonds is 0. The van der Waals surface area contributed by atoms with Gasteiger partial charge in [0.25, 0.3) is 0 Å². The van der Waals surface area contributed by atoms with E-state index < -0.39 is 0 Å². The highest BCUT2D eigenvalue weighted by Gasteiger charge is 2.15. The van der Waals surface area contributed by atoms with Gasteiger partial charge in [0.2, 0.25) is 0 Å². The van der Waals surface area contributed by atoms with Gasteiger partial charge in [0.15, 0.2) is 10.3 Å². The van der Waals surface area contributed by atoms with Crippen molar-refractivity contribution in [2.24, 2.45) is 0 Å². The smallest absolute Gasteiger partial charge is 0.191 e. The maximum absolute atomic E-state index is 5.88. The Morgan fingerprint density at radius 3 is 1.48 bits per heavy atom. The maximum atomic E-state index is 5.88. The molecule has 0 saturated carbocycles. The van der Waals surface area contributed by atoms with E-state index in [1.807, 2.05) is 0 Å². The molecule has 0 atom stereocenters. The van der Waals surface area contributed by atoms with Crippen LogP contribution < -0.4 is 0 Å². The van der Waals surface area contributed by atoms with Crippen LogP contribution in [0.5, 0.6) is 0 Å². The first kappa shape index (κ1) is 23.1. The number of aromatic nitrogens is 6. The van der Waals surface area contributed by atoms with Gasteiger partial charge in [0.05, 0.1) is 13.2 Å². The lowest BCUT2D eigenvalue weighted by Crippen LogP contribution is -2.08. The van der Waals surface area contributed by atoms with Crippen molar-refractivity contribution in [1.29, 1.82) is 0 Å². The van der Waals surface area contributed by atoms with Crippen LogP contribution in [0.2, 0.25) is 0 Å². The van der Waals surface area contributed by atoms with Gasteiger partial charge in [0.1, 0.15) is 11.6 Å². The molecule has 2 aromatic rings. The minimum atomic E-state index is 0.741. The predicted octanol–water partition coefficient (Wildman–Crippen LogP) is 4.78. The Hall–Kier alpha value is -1.06. The van der Waals surface area contributed by atoms with Crippen LogP contribution in [0.25, 0.3) is 0 Å². The second-order valence-corrected chi connectivity index (χ2v) is 10.6. The monoisotopic (exact) mass is 464 g/mol. The summed E-state index contributed by atoms with van der Waals surface area (Å²) in [5.41, 5.74) is 0. The molecule has 0 aliphatic carbocycles. The van der Waals surface area contributed by atoms with Crippen molar-refractivity contribution in [3.8, 4) is 0 Å². The molecule has 2 aromatic heterocycles. The van der Waals surface area contributed by atoms with E-state index in [0.717, 1.165) is 85.5 Å². The molecule has 2 aliphatic heterocycles. The van der Waals surface area contributed by atoms with Crippen molar-refractivity contribution in [2.45, 2.75) is 100 Å². The Balaban J connectivity index is 1.53. The quantitative estimate of drug-likeness (QED) is 0.555. The Kier molecular flexibility index (Phi) is 9.57. The number of nitrogens with zero attached hydrogens (tertiary/aromatic N) is 6. The van der Waals surface area contributed by atoms with Crippen molar-refractivity contribution < 1.29 is 4.74 Å². The largest absolute Gasteiger partial charge is 0.380 e. The lowest BCUT2D eigenvalue weighted by Gasteiger charge is -2.11. The van der Waals surface area contributed by atoms with E-state index in [1.54, 1.807) is 23.5 Å². The van der Waals surface area contributed by atoms with Crippen molar-refractivity contribution in [3.63, 3.8) is 0 Å². The standard InChI is InChI=1S/C22H36N6OS2/c1-2-4-6-10-14-28-20-12-8-7-11-19-23-25-21(27(19)13-9-5-3-1)30-17-15-29-16-18-31-22(28)26-24-20/h1-18H2. The average molecular weight is 465 g/mol. The van der Waals surface area contributed by atoms with Crippen molar-refractivity contribution in [1.82, 2.24) is 29.5 Å². The zero-order chi connectivity index (χ0) is 21.1. The SMILES string of the molecule is C1CCCCCn2c3nnc2SCCOCCSc2nnc(n2CCCC1)CCCC3. The highest BCUT2D eigenvalue weighted by molar-refractivity contribution is 7.99. The van der Waals surface area contributed by atoms with Crippen molar-refractivity contribution in [3.05, 3.63) is 11.6 Å². The van der Waals surface area contributed by atoms with Crippen LogP contribution in [-0.4, -0.2) is 54.2 Å². The van der Waals surface area contributed by atoms with Crippen LogP contribution in [0.1, 0.15) is 75.9 Å². The minimum Gasteiger partial charge on any atom is -0.380 e. The first-order valence-electron chi connectivity index (χ1n) is 12.1. The van der Waals surface area contributed by atoms with E-state index in [-0.39, 0.29) is 0 Å². The van der Waals surface area contributed by atoms with Crippen LogP contribution in [-0.2, 0) is 30.7 Å². The van der Waals surface area contributed by atoms with Crippen molar-refractivity contribution in [2.75, 3.05) is 24.7 Å². The van der Waals surface area contributed by atoms with Gasteiger partial charge in [-0.3, -0.25) is 0 Å². The Labute approximate surface area is 194 Å². The average Bonchev–Trinajstić information content (AvgIpc) is 3.34. The molecule has 0 fully saturated rings. The summed E-state index contributed by atoms with van der Waals surface area (Å²) in [4.78, 5) is 0. The number of thioether (sulfide) groups is 2. The molecule has 0 N–H and O–H groups in total. The third kappa shape index (κ3) is 6.96. The third-order valence-corrected chi connectivity index (χ3v) is 7.93. The third-order valence-electron chi connectivity index (χ3n) is 6.07. The summed E-state index contributed by atoms with van der Waals surface area (Å²) in [6, 6.07) is 0. The molecule has 9 heteroatoms. The summed E-state index contributed by atoms with van der Waals surface area (Å²) in [5, 5.41) is 20.3. The molecule has 0 radical (unpaired) electrons. The summed E-state index contributed by atoms with van der Waals surface area (Å²) in [6.45, 7) is 3.57. The second kappa shape index (κ2) is 12.8. The molecule has 0 aromatic carbocycles. The summed E-state index contributed by atoms with van der Waals surface area (Å²) in [6.07, 6.45) is 14.6. The van der Waals surface area contributed by atoms with Gasteiger partial charge >= 0.3 is 0 Å². The molecule has 172 valence electrons. The molecular formula is C22H36N6OS2. The van der Waals surface area contributed by atoms with E-state index in [4.69, 9.17) is 4.74 Å². The highest BCUT2D eigenvalue weighted by Crippen LogP contribution is 2.23. The highest BCUT2D eigenvalue weighted by atomic mass is 32.2. The number of fused-ring (bicyclic) bond motifs is 3. The summed E-state index contributed by atoms with van der Waals surface area (Å²) >= 11 is 3.57. The Morgan fingerprint density at radius 1 is 0.548 bits per heavy atom. The molecule has 6 bridgehead atoms. The Morgan fingerprint density at radius 2 is 1.00 bits per heavy atom.